The first-order valence-electron chi connectivity index (χ1n) is 6.93. The van der Waals surface area contributed by atoms with Crippen molar-refractivity contribution < 1.29 is 0 Å². The van der Waals surface area contributed by atoms with Gasteiger partial charge in [-0.25, -0.2) is 0 Å². The first-order valence-corrected chi connectivity index (χ1v) is 6.93. The molecule has 0 atom stereocenters. The summed E-state index contributed by atoms with van der Waals surface area (Å²) < 4.78 is 0. The fourth-order valence-corrected chi connectivity index (χ4v) is 1.60. The highest BCUT2D eigenvalue weighted by Gasteiger charge is 2.18. The SMILES string of the molecule is CC(C)C(C)(C)/C=C/c1ccc(C(C)(C)C)cc1. The van der Waals surface area contributed by atoms with Crippen LogP contribution in [0.3, 0.4) is 0 Å². The molecule has 0 amide bonds. The van der Waals surface area contributed by atoms with E-state index in [1.165, 1.54) is 11.1 Å². The van der Waals surface area contributed by atoms with Crippen LogP contribution in [-0.2, 0) is 5.41 Å². The highest BCUT2D eigenvalue weighted by molar-refractivity contribution is 5.51. The van der Waals surface area contributed by atoms with E-state index in [-0.39, 0.29) is 10.8 Å². The largest absolute Gasteiger partial charge is 0.0780 e. The molecule has 0 spiro atoms. The Balaban J connectivity index is 2.85. The molecular weight excluding hydrogens is 216 g/mol. The monoisotopic (exact) mass is 244 g/mol. The zero-order valence-corrected chi connectivity index (χ0v) is 13.0. The molecular formula is C18H28. The molecule has 1 aromatic carbocycles. The summed E-state index contributed by atoms with van der Waals surface area (Å²) in [6.07, 6.45) is 4.57. The zero-order valence-electron chi connectivity index (χ0n) is 13.0. The molecule has 0 radical (unpaired) electrons. The summed E-state index contributed by atoms with van der Waals surface area (Å²) in [6.45, 7) is 15.9. The van der Waals surface area contributed by atoms with E-state index in [2.05, 4.69) is 84.9 Å². The van der Waals surface area contributed by atoms with Crippen LogP contribution in [0.1, 0.15) is 59.6 Å². The summed E-state index contributed by atoms with van der Waals surface area (Å²) in [5, 5.41) is 0. The maximum atomic E-state index is 2.32. The van der Waals surface area contributed by atoms with E-state index in [1.807, 2.05) is 0 Å². The van der Waals surface area contributed by atoms with E-state index >= 15 is 0 Å². The molecule has 0 bridgehead atoms. The fourth-order valence-electron chi connectivity index (χ4n) is 1.60. The average molecular weight is 244 g/mol. The molecule has 0 saturated heterocycles. The minimum atomic E-state index is 0.236. The van der Waals surface area contributed by atoms with Gasteiger partial charge in [0.05, 0.1) is 0 Å². The van der Waals surface area contributed by atoms with Gasteiger partial charge in [-0.15, -0.1) is 0 Å². The van der Waals surface area contributed by atoms with Crippen molar-refractivity contribution >= 4 is 6.08 Å². The van der Waals surface area contributed by atoms with Crippen LogP contribution < -0.4 is 0 Å². The van der Waals surface area contributed by atoms with Gasteiger partial charge in [-0.05, 0) is 27.9 Å². The Kier molecular flexibility index (Phi) is 4.42. The second-order valence-corrected chi connectivity index (χ2v) is 7.18. The molecule has 0 aliphatic rings. The van der Waals surface area contributed by atoms with Crippen molar-refractivity contribution in [2.45, 2.75) is 53.9 Å². The van der Waals surface area contributed by atoms with Crippen molar-refractivity contribution in [3.63, 3.8) is 0 Å². The Bertz CT molecular complexity index is 397. The van der Waals surface area contributed by atoms with Gasteiger partial charge in [0.1, 0.15) is 0 Å². The van der Waals surface area contributed by atoms with Crippen molar-refractivity contribution in [3.8, 4) is 0 Å². The van der Waals surface area contributed by atoms with E-state index in [0.717, 1.165) is 0 Å². The van der Waals surface area contributed by atoms with Crippen molar-refractivity contribution in [3.05, 3.63) is 41.5 Å². The molecule has 0 aromatic heterocycles. The lowest BCUT2D eigenvalue weighted by atomic mass is 9.80. The Morgan fingerprint density at radius 2 is 1.39 bits per heavy atom. The summed E-state index contributed by atoms with van der Waals surface area (Å²) in [7, 11) is 0. The molecule has 0 aliphatic heterocycles. The van der Waals surface area contributed by atoms with Crippen molar-refractivity contribution in [2.75, 3.05) is 0 Å². The van der Waals surface area contributed by atoms with Crippen molar-refractivity contribution in [1.29, 1.82) is 0 Å². The smallest absolute Gasteiger partial charge is 0.0132 e. The normalized spacial score (nSPS) is 13.6. The number of hydrogen-bond donors (Lipinski definition) is 0. The van der Waals surface area contributed by atoms with Gasteiger partial charge in [-0.2, -0.15) is 0 Å². The van der Waals surface area contributed by atoms with Crippen LogP contribution in [0.15, 0.2) is 30.3 Å². The topological polar surface area (TPSA) is 0 Å². The van der Waals surface area contributed by atoms with E-state index < -0.39 is 0 Å². The van der Waals surface area contributed by atoms with Gasteiger partial charge in [-0.1, -0.05) is 84.9 Å². The Hall–Kier alpha value is -1.04. The van der Waals surface area contributed by atoms with Crippen LogP contribution in [0.4, 0.5) is 0 Å². The van der Waals surface area contributed by atoms with Gasteiger partial charge in [0.15, 0.2) is 0 Å². The van der Waals surface area contributed by atoms with E-state index in [0.29, 0.717) is 5.92 Å². The predicted molar refractivity (Wildman–Crippen MR) is 82.8 cm³/mol. The predicted octanol–water partition coefficient (Wildman–Crippen LogP) is 5.68. The summed E-state index contributed by atoms with van der Waals surface area (Å²) in [5.41, 5.74) is 3.17. The molecule has 0 N–H and O–H groups in total. The number of hydrogen-bond acceptors (Lipinski definition) is 0. The molecule has 0 heterocycles. The van der Waals surface area contributed by atoms with Gasteiger partial charge in [0, 0.05) is 0 Å². The average Bonchev–Trinajstić information content (AvgIpc) is 2.25. The maximum Gasteiger partial charge on any atom is -0.0132 e. The van der Waals surface area contributed by atoms with Crippen LogP contribution >= 0.6 is 0 Å². The van der Waals surface area contributed by atoms with Crippen LogP contribution in [0.2, 0.25) is 0 Å². The van der Waals surface area contributed by atoms with E-state index in [9.17, 15) is 0 Å². The highest BCUT2D eigenvalue weighted by Crippen LogP contribution is 2.29. The number of rotatable bonds is 3. The molecule has 0 fully saturated rings. The molecule has 18 heavy (non-hydrogen) atoms. The second kappa shape index (κ2) is 5.30. The van der Waals surface area contributed by atoms with Gasteiger partial charge in [0.25, 0.3) is 0 Å². The number of benzene rings is 1. The van der Waals surface area contributed by atoms with Gasteiger partial charge < -0.3 is 0 Å². The molecule has 1 rings (SSSR count). The van der Waals surface area contributed by atoms with Gasteiger partial charge in [-0.3, -0.25) is 0 Å². The minimum Gasteiger partial charge on any atom is -0.0780 e. The van der Waals surface area contributed by atoms with Crippen molar-refractivity contribution in [1.82, 2.24) is 0 Å². The van der Waals surface area contributed by atoms with Crippen LogP contribution in [-0.4, -0.2) is 0 Å². The quantitative estimate of drug-likeness (QED) is 0.641. The van der Waals surface area contributed by atoms with Gasteiger partial charge >= 0.3 is 0 Å². The Morgan fingerprint density at radius 3 is 1.78 bits per heavy atom. The molecule has 0 heteroatoms. The number of allylic oxidation sites excluding steroid dienone is 1. The highest BCUT2D eigenvalue weighted by atomic mass is 14.2. The molecule has 0 nitrogen and oxygen atoms in total. The zero-order chi connectivity index (χ0) is 14.0. The lowest BCUT2D eigenvalue weighted by Gasteiger charge is -2.25. The maximum absolute atomic E-state index is 2.32. The van der Waals surface area contributed by atoms with E-state index in [4.69, 9.17) is 0 Å². The van der Waals surface area contributed by atoms with Crippen LogP contribution in [0, 0.1) is 11.3 Å². The third-order valence-electron chi connectivity index (χ3n) is 3.97. The first-order chi connectivity index (χ1) is 8.13. The summed E-state index contributed by atoms with van der Waals surface area (Å²) in [6, 6.07) is 8.91. The standard InChI is InChI=1S/C18H28/c1-14(2)18(6,7)13-12-15-8-10-16(11-9-15)17(3,4)5/h8-14H,1-7H3/b13-12+. The molecule has 1 aromatic rings. The van der Waals surface area contributed by atoms with Crippen molar-refractivity contribution in [2.24, 2.45) is 11.3 Å². The fraction of sp³-hybridized carbons (Fsp3) is 0.556. The molecule has 0 unspecified atom stereocenters. The lowest BCUT2D eigenvalue weighted by molar-refractivity contribution is 0.335. The Labute approximate surface area is 113 Å². The molecule has 100 valence electrons. The second-order valence-electron chi connectivity index (χ2n) is 7.18. The lowest BCUT2D eigenvalue weighted by Crippen LogP contribution is -2.15. The molecule has 0 aliphatic carbocycles. The summed E-state index contributed by atoms with van der Waals surface area (Å²) in [4.78, 5) is 0. The summed E-state index contributed by atoms with van der Waals surface area (Å²) in [5.74, 6) is 0.655. The summed E-state index contributed by atoms with van der Waals surface area (Å²) >= 11 is 0. The van der Waals surface area contributed by atoms with Crippen LogP contribution in [0.25, 0.3) is 6.08 Å². The third kappa shape index (κ3) is 4.01. The van der Waals surface area contributed by atoms with E-state index in [1.54, 1.807) is 0 Å². The van der Waals surface area contributed by atoms with Gasteiger partial charge in [0.2, 0.25) is 0 Å². The Morgan fingerprint density at radius 1 is 0.889 bits per heavy atom. The first kappa shape index (κ1) is 15.0. The third-order valence-corrected chi connectivity index (χ3v) is 3.97. The van der Waals surface area contributed by atoms with Crippen LogP contribution in [0.5, 0.6) is 0 Å². The molecule has 0 saturated carbocycles. The minimum absolute atomic E-state index is 0.236.